The number of esters is 1. The number of hydrogen-bond donors (Lipinski definition) is 1. The molecule has 0 radical (unpaired) electrons. The van der Waals surface area contributed by atoms with Crippen LogP contribution in [0.15, 0.2) is 0 Å². The predicted molar refractivity (Wildman–Crippen MR) is 67.2 cm³/mol. The van der Waals surface area contributed by atoms with Crippen LogP contribution in [0.2, 0.25) is 0 Å². The van der Waals surface area contributed by atoms with E-state index in [4.69, 9.17) is 9.47 Å². The van der Waals surface area contributed by atoms with Crippen molar-refractivity contribution in [1.82, 2.24) is 0 Å². The second kappa shape index (κ2) is 6.53. The quantitative estimate of drug-likeness (QED) is 0.740. The van der Waals surface area contributed by atoms with Crippen molar-refractivity contribution in [2.45, 2.75) is 82.7 Å². The third kappa shape index (κ3) is 4.25. The van der Waals surface area contributed by atoms with E-state index < -0.39 is 0 Å². The van der Waals surface area contributed by atoms with Gasteiger partial charge in [-0.3, -0.25) is 4.79 Å². The fourth-order valence-electron chi connectivity index (χ4n) is 2.79. The van der Waals surface area contributed by atoms with Gasteiger partial charge < -0.3 is 14.6 Å². The monoisotopic (exact) mass is 256 g/mol. The first kappa shape index (κ1) is 13.8. The lowest BCUT2D eigenvalue weighted by Crippen LogP contribution is -2.15. The number of rotatable bonds is 6. The Labute approximate surface area is 109 Å². The van der Waals surface area contributed by atoms with Gasteiger partial charge in [0, 0.05) is 6.42 Å². The molecule has 2 aliphatic rings. The molecule has 1 N–H and O–H groups in total. The third-order valence-corrected chi connectivity index (χ3v) is 3.88. The molecule has 0 aromatic rings. The Balaban J connectivity index is 1.59. The molecular weight excluding hydrogens is 232 g/mol. The molecule has 4 heteroatoms. The Morgan fingerprint density at radius 1 is 1.17 bits per heavy atom. The fraction of sp³-hybridized carbons (Fsp3) is 0.929. The molecular formula is C14H24O4. The first-order valence-corrected chi connectivity index (χ1v) is 7.16. The topological polar surface area (TPSA) is 55.8 Å². The maximum absolute atomic E-state index is 11.0. The second-order valence-electron chi connectivity index (χ2n) is 5.61. The fourth-order valence-corrected chi connectivity index (χ4v) is 2.79. The number of aliphatic hydroxyl groups is 1. The van der Waals surface area contributed by atoms with Crippen LogP contribution in [0.5, 0.6) is 0 Å². The zero-order valence-electron chi connectivity index (χ0n) is 11.1. The largest absolute Gasteiger partial charge is 0.462 e. The van der Waals surface area contributed by atoms with Gasteiger partial charge >= 0.3 is 5.97 Å². The highest BCUT2D eigenvalue weighted by Crippen LogP contribution is 2.28. The van der Waals surface area contributed by atoms with Crippen LogP contribution >= 0.6 is 0 Å². The van der Waals surface area contributed by atoms with Gasteiger partial charge in [0.2, 0.25) is 0 Å². The summed E-state index contributed by atoms with van der Waals surface area (Å²) >= 11 is 0. The van der Waals surface area contributed by atoms with Crippen molar-refractivity contribution in [3.05, 3.63) is 0 Å². The molecule has 0 aliphatic carbocycles. The number of carbonyl (C=O) groups excluding carboxylic acids is 1. The normalized spacial score (nSPS) is 33.7. The zero-order chi connectivity index (χ0) is 13.0. The summed E-state index contributed by atoms with van der Waals surface area (Å²) in [6, 6.07) is 0. The van der Waals surface area contributed by atoms with E-state index >= 15 is 0 Å². The lowest BCUT2D eigenvalue weighted by molar-refractivity contribution is -0.141. The van der Waals surface area contributed by atoms with Gasteiger partial charge in [0.15, 0.2) is 0 Å². The van der Waals surface area contributed by atoms with Crippen LogP contribution in [-0.4, -0.2) is 35.5 Å². The van der Waals surface area contributed by atoms with E-state index in [1.807, 2.05) is 6.92 Å². The van der Waals surface area contributed by atoms with Crippen molar-refractivity contribution in [2.24, 2.45) is 0 Å². The Hall–Kier alpha value is -0.610. The minimum Gasteiger partial charge on any atom is -0.462 e. The van der Waals surface area contributed by atoms with Gasteiger partial charge in [0.05, 0.1) is 18.3 Å². The SMILES string of the molecule is CC(O)CCC1CCC(CCC2CCC(=O)O2)O1. The van der Waals surface area contributed by atoms with Crippen molar-refractivity contribution >= 4 is 5.97 Å². The third-order valence-electron chi connectivity index (χ3n) is 3.88. The molecule has 18 heavy (non-hydrogen) atoms. The summed E-state index contributed by atoms with van der Waals surface area (Å²) in [6.45, 7) is 1.82. The van der Waals surface area contributed by atoms with Crippen LogP contribution in [0.4, 0.5) is 0 Å². The molecule has 0 aromatic carbocycles. The number of carbonyl (C=O) groups is 1. The van der Waals surface area contributed by atoms with E-state index in [1.54, 1.807) is 0 Å². The maximum atomic E-state index is 11.0. The standard InChI is InChI=1S/C14H24O4/c1-10(15)2-3-11-4-5-12(17-11)6-7-13-8-9-14(16)18-13/h10-13,15H,2-9H2,1H3. The highest BCUT2D eigenvalue weighted by atomic mass is 16.5. The van der Waals surface area contributed by atoms with Crippen LogP contribution in [0.1, 0.15) is 58.3 Å². The summed E-state index contributed by atoms with van der Waals surface area (Å²) in [4.78, 5) is 11.0. The van der Waals surface area contributed by atoms with Crippen molar-refractivity contribution in [3.8, 4) is 0 Å². The molecule has 0 saturated carbocycles. The van der Waals surface area contributed by atoms with Gasteiger partial charge in [0.25, 0.3) is 0 Å². The Morgan fingerprint density at radius 2 is 1.83 bits per heavy atom. The minimum absolute atomic E-state index is 0.0536. The molecule has 4 atom stereocenters. The molecule has 2 saturated heterocycles. The Morgan fingerprint density at radius 3 is 2.44 bits per heavy atom. The highest BCUT2D eigenvalue weighted by Gasteiger charge is 2.28. The average molecular weight is 256 g/mol. The van der Waals surface area contributed by atoms with Crippen molar-refractivity contribution in [3.63, 3.8) is 0 Å². The van der Waals surface area contributed by atoms with E-state index in [0.717, 1.165) is 44.9 Å². The average Bonchev–Trinajstić information content (AvgIpc) is 2.93. The van der Waals surface area contributed by atoms with E-state index in [0.29, 0.717) is 18.6 Å². The van der Waals surface area contributed by atoms with Gasteiger partial charge in [-0.15, -0.1) is 0 Å². The van der Waals surface area contributed by atoms with E-state index in [-0.39, 0.29) is 18.2 Å². The summed E-state index contributed by atoms with van der Waals surface area (Å²) in [6.07, 6.45) is 7.87. The van der Waals surface area contributed by atoms with Gasteiger partial charge in [-0.25, -0.2) is 0 Å². The Kier molecular flexibility index (Phi) is 5.01. The first-order valence-electron chi connectivity index (χ1n) is 7.16. The van der Waals surface area contributed by atoms with Crippen LogP contribution in [0.25, 0.3) is 0 Å². The molecule has 104 valence electrons. The molecule has 2 fully saturated rings. The molecule has 0 aromatic heterocycles. The van der Waals surface area contributed by atoms with Crippen LogP contribution in [0.3, 0.4) is 0 Å². The smallest absolute Gasteiger partial charge is 0.306 e. The van der Waals surface area contributed by atoms with Gasteiger partial charge in [0.1, 0.15) is 6.10 Å². The van der Waals surface area contributed by atoms with Crippen molar-refractivity contribution in [1.29, 1.82) is 0 Å². The molecule has 0 bridgehead atoms. The summed E-state index contributed by atoms with van der Waals surface area (Å²) in [7, 11) is 0. The molecule has 0 spiro atoms. The molecule has 2 rings (SSSR count). The van der Waals surface area contributed by atoms with Gasteiger partial charge in [-0.2, -0.15) is 0 Å². The number of cyclic esters (lactones) is 1. The molecule has 4 unspecified atom stereocenters. The highest BCUT2D eigenvalue weighted by molar-refractivity contribution is 5.71. The summed E-state index contributed by atoms with van der Waals surface area (Å²) < 4.78 is 11.1. The summed E-state index contributed by atoms with van der Waals surface area (Å²) in [5, 5.41) is 9.25. The summed E-state index contributed by atoms with van der Waals surface area (Å²) in [5.41, 5.74) is 0. The van der Waals surface area contributed by atoms with E-state index in [1.165, 1.54) is 0 Å². The molecule has 2 aliphatic heterocycles. The first-order chi connectivity index (χ1) is 8.63. The minimum atomic E-state index is -0.231. The number of hydrogen-bond acceptors (Lipinski definition) is 4. The zero-order valence-corrected chi connectivity index (χ0v) is 11.1. The van der Waals surface area contributed by atoms with Gasteiger partial charge in [-0.05, 0) is 51.9 Å². The number of aliphatic hydroxyl groups excluding tert-OH is 1. The van der Waals surface area contributed by atoms with E-state index in [9.17, 15) is 9.90 Å². The van der Waals surface area contributed by atoms with Crippen molar-refractivity contribution in [2.75, 3.05) is 0 Å². The molecule has 0 amide bonds. The Bertz CT molecular complexity index is 277. The predicted octanol–water partition coefficient (Wildman–Crippen LogP) is 2.18. The maximum Gasteiger partial charge on any atom is 0.306 e. The second-order valence-corrected chi connectivity index (χ2v) is 5.61. The van der Waals surface area contributed by atoms with Crippen LogP contribution in [-0.2, 0) is 14.3 Å². The van der Waals surface area contributed by atoms with E-state index in [2.05, 4.69) is 0 Å². The van der Waals surface area contributed by atoms with Crippen LogP contribution < -0.4 is 0 Å². The van der Waals surface area contributed by atoms with Crippen LogP contribution in [0, 0.1) is 0 Å². The van der Waals surface area contributed by atoms with Gasteiger partial charge in [-0.1, -0.05) is 0 Å². The van der Waals surface area contributed by atoms with Crippen molar-refractivity contribution < 1.29 is 19.4 Å². The lowest BCUT2D eigenvalue weighted by atomic mass is 10.0. The summed E-state index contributed by atoms with van der Waals surface area (Å²) in [5.74, 6) is -0.0536. The number of ether oxygens (including phenoxy) is 2. The molecule has 4 nitrogen and oxygen atoms in total. The lowest BCUT2D eigenvalue weighted by Gasteiger charge is -2.16. The molecule has 2 heterocycles.